The maximum Gasteiger partial charge on any atom is 0.0485 e. The molecule has 0 saturated carbocycles. The zero-order valence-corrected chi connectivity index (χ0v) is 4.52. The van der Waals surface area contributed by atoms with Crippen LogP contribution in [0.15, 0.2) is 11.8 Å². The summed E-state index contributed by atoms with van der Waals surface area (Å²) in [5, 5.41) is 8.25. The van der Waals surface area contributed by atoms with Crippen molar-refractivity contribution in [1.82, 2.24) is 0 Å². The van der Waals surface area contributed by atoms with Gasteiger partial charge in [-0.05, 0) is 6.92 Å². The number of hydrogen-bond acceptors (Lipinski definition) is 2. The zero-order chi connectivity index (χ0) is 5.70. The quantitative estimate of drug-likeness (QED) is 0.523. The van der Waals surface area contributed by atoms with Gasteiger partial charge in [-0.1, -0.05) is 6.08 Å². The van der Waals surface area contributed by atoms with Gasteiger partial charge < -0.3 is 10.8 Å². The standard InChI is InChI=1S/C5H11NO/c1-2-5(6)3-4-7/h2,7H,3-4,6H2,1H3. The van der Waals surface area contributed by atoms with E-state index in [-0.39, 0.29) is 6.61 Å². The van der Waals surface area contributed by atoms with Crippen LogP contribution < -0.4 is 5.73 Å². The van der Waals surface area contributed by atoms with E-state index in [1.807, 2.05) is 6.92 Å². The van der Waals surface area contributed by atoms with Gasteiger partial charge in [-0.25, -0.2) is 0 Å². The van der Waals surface area contributed by atoms with Gasteiger partial charge in [0.1, 0.15) is 0 Å². The molecule has 0 unspecified atom stereocenters. The summed E-state index contributed by atoms with van der Waals surface area (Å²) in [5.74, 6) is 0. The summed E-state index contributed by atoms with van der Waals surface area (Å²) in [7, 11) is 0. The third-order valence-corrected chi connectivity index (χ3v) is 0.771. The number of rotatable bonds is 2. The highest BCUT2D eigenvalue weighted by Crippen LogP contribution is 1.86. The van der Waals surface area contributed by atoms with Gasteiger partial charge in [0.2, 0.25) is 0 Å². The van der Waals surface area contributed by atoms with Crippen LogP contribution in [0.2, 0.25) is 0 Å². The lowest BCUT2D eigenvalue weighted by Crippen LogP contribution is -1.98. The largest absolute Gasteiger partial charge is 0.402 e. The fraction of sp³-hybridized carbons (Fsp3) is 0.600. The van der Waals surface area contributed by atoms with Crippen LogP contribution in [-0.4, -0.2) is 11.7 Å². The Morgan fingerprint density at radius 3 is 2.57 bits per heavy atom. The van der Waals surface area contributed by atoms with Crippen LogP contribution in [0.5, 0.6) is 0 Å². The minimum atomic E-state index is 0.149. The van der Waals surface area contributed by atoms with Gasteiger partial charge in [-0.2, -0.15) is 0 Å². The van der Waals surface area contributed by atoms with Crippen LogP contribution in [-0.2, 0) is 0 Å². The summed E-state index contributed by atoms with van der Waals surface area (Å²) in [6, 6.07) is 0. The molecular formula is C5H11NO. The summed E-state index contributed by atoms with van der Waals surface area (Å²) in [6.45, 7) is 2.00. The van der Waals surface area contributed by atoms with Gasteiger partial charge >= 0.3 is 0 Å². The van der Waals surface area contributed by atoms with E-state index in [9.17, 15) is 0 Å². The Morgan fingerprint density at radius 1 is 1.86 bits per heavy atom. The molecular weight excluding hydrogens is 90.1 g/mol. The number of hydrogen-bond donors (Lipinski definition) is 2. The van der Waals surface area contributed by atoms with Crippen molar-refractivity contribution in [3.63, 3.8) is 0 Å². The normalized spacial score (nSPS) is 12.0. The van der Waals surface area contributed by atoms with E-state index in [1.54, 1.807) is 6.08 Å². The van der Waals surface area contributed by atoms with E-state index in [0.29, 0.717) is 6.42 Å². The van der Waals surface area contributed by atoms with Crippen molar-refractivity contribution < 1.29 is 5.11 Å². The molecule has 0 aromatic carbocycles. The second-order valence-corrected chi connectivity index (χ2v) is 1.34. The molecule has 0 aliphatic rings. The maximum atomic E-state index is 8.25. The first-order valence-corrected chi connectivity index (χ1v) is 2.32. The van der Waals surface area contributed by atoms with Crippen LogP contribution in [0.3, 0.4) is 0 Å². The second-order valence-electron chi connectivity index (χ2n) is 1.34. The predicted molar refractivity (Wildman–Crippen MR) is 29.6 cm³/mol. The topological polar surface area (TPSA) is 46.2 Å². The summed E-state index contributed by atoms with van der Waals surface area (Å²) in [6.07, 6.45) is 2.38. The average molecular weight is 101 g/mol. The Kier molecular flexibility index (Phi) is 3.42. The molecule has 2 nitrogen and oxygen atoms in total. The van der Waals surface area contributed by atoms with Crippen LogP contribution in [0.4, 0.5) is 0 Å². The molecule has 3 N–H and O–H groups in total. The van der Waals surface area contributed by atoms with Gasteiger partial charge in [-0.3, -0.25) is 0 Å². The zero-order valence-electron chi connectivity index (χ0n) is 4.52. The van der Waals surface area contributed by atoms with Crippen molar-refractivity contribution in [3.8, 4) is 0 Å². The third kappa shape index (κ3) is 3.33. The van der Waals surface area contributed by atoms with Gasteiger partial charge in [-0.15, -0.1) is 0 Å². The first-order valence-electron chi connectivity index (χ1n) is 2.32. The van der Waals surface area contributed by atoms with Crippen molar-refractivity contribution in [1.29, 1.82) is 0 Å². The van der Waals surface area contributed by atoms with E-state index < -0.39 is 0 Å². The molecule has 0 saturated heterocycles. The van der Waals surface area contributed by atoms with Crippen molar-refractivity contribution >= 4 is 0 Å². The van der Waals surface area contributed by atoms with Crippen LogP contribution in [0, 0.1) is 0 Å². The highest BCUT2D eigenvalue weighted by atomic mass is 16.3. The summed E-state index contributed by atoms with van der Waals surface area (Å²) >= 11 is 0. The molecule has 0 aromatic rings. The molecule has 0 spiro atoms. The monoisotopic (exact) mass is 101 g/mol. The molecule has 7 heavy (non-hydrogen) atoms. The lowest BCUT2D eigenvalue weighted by atomic mass is 10.3. The Morgan fingerprint density at radius 2 is 2.43 bits per heavy atom. The lowest BCUT2D eigenvalue weighted by Gasteiger charge is -1.91. The van der Waals surface area contributed by atoms with Gasteiger partial charge in [0, 0.05) is 18.7 Å². The first kappa shape index (κ1) is 6.50. The average Bonchev–Trinajstić information content (AvgIpc) is 1.68. The first-order chi connectivity index (χ1) is 3.31. The van der Waals surface area contributed by atoms with Crippen LogP contribution in [0.1, 0.15) is 13.3 Å². The van der Waals surface area contributed by atoms with Gasteiger partial charge in [0.15, 0.2) is 0 Å². The van der Waals surface area contributed by atoms with Crippen molar-refractivity contribution in [2.24, 2.45) is 5.73 Å². The molecule has 0 aliphatic carbocycles. The molecule has 0 fully saturated rings. The molecule has 0 bridgehead atoms. The molecule has 0 aliphatic heterocycles. The predicted octanol–water partition coefficient (Wildman–Crippen LogP) is 0.231. The second kappa shape index (κ2) is 3.68. The number of nitrogens with two attached hydrogens (primary N) is 1. The van der Waals surface area contributed by atoms with E-state index in [2.05, 4.69) is 0 Å². The van der Waals surface area contributed by atoms with Gasteiger partial charge in [0.25, 0.3) is 0 Å². The molecule has 0 atom stereocenters. The highest BCUT2D eigenvalue weighted by Gasteiger charge is 1.81. The Balaban J connectivity index is 3.17. The Labute approximate surface area is 43.6 Å². The molecule has 0 heterocycles. The van der Waals surface area contributed by atoms with Crippen molar-refractivity contribution in [3.05, 3.63) is 11.8 Å². The summed E-state index contributed by atoms with van der Waals surface area (Å²) in [4.78, 5) is 0. The summed E-state index contributed by atoms with van der Waals surface area (Å²) < 4.78 is 0. The molecule has 2 heteroatoms. The highest BCUT2D eigenvalue weighted by molar-refractivity contribution is 4.92. The smallest absolute Gasteiger partial charge is 0.0485 e. The molecule has 0 amide bonds. The van der Waals surface area contributed by atoms with E-state index in [0.717, 1.165) is 5.70 Å². The van der Waals surface area contributed by atoms with E-state index >= 15 is 0 Å². The van der Waals surface area contributed by atoms with Crippen molar-refractivity contribution in [2.45, 2.75) is 13.3 Å². The Bertz CT molecular complexity index is 68.5. The summed E-state index contributed by atoms with van der Waals surface area (Å²) in [5.41, 5.74) is 6.04. The number of aliphatic hydroxyl groups excluding tert-OH is 1. The third-order valence-electron chi connectivity index (χ3n) is 0.771. The van der Waals surface area contributed by atoms with Crippen LogP contribution >= 0.6 is 0 Å². The molecule has 42 valence electrons. The van der Waals surface area contributed by atoms with Crippen molar-refractivity contribution in [2.75, 3.05) is 6.61 Å². The fourth-order valence-electron chi connectivity index (χ4n) is 0.273. The molecule has 0 aromatic heterocycles. The number of allylic oxidation sites excluding steroid dienone is 1. The number of aliphatic hydroxyl groups is 1. The molecule has 0 radical (unpaired) electrons. The fourth-order valence-corrected chi connectivity index (χ4v) is 0.273. The Hall–Kier alpha value is -0.500. The van der Waals surface area contributed by atoms with Gasteiger partial charge in [0.05, 0.1) is 0 Å². The van der Waals surface area contributed by atoms with E-state index in [4.69, 9.17) is 10.8 Å². The minimum absolute atomic E-state index is 0.149. The SMILES string of the molecule is CC=C(N)CCO. The lowest BCUT2D eigenvalue weighted by molar-refractivity contribution is 0.298. The molecule has 0 rings (SSSR count). The maximum absolute atomic E-state index is 8.25. The van der Waals surface area contributed by atoms with Crippen LogP contribution in [0.25, 0.3) is 0 Å². The van der Waals surface area contributed by atoms with E-state index in [1.165, 1.54) is 0 Å². The minimum Gasteiger partial charge on any atom is -0.402 e.